The van der Waals surface area contributed by atoms with Gasteiger partial charge in [-0.15, -0.1) is 11.6 Å². The van der Waals surface area contributed by atoms with Crippen LogP contribution in [0.25, 0.3) is 0 Å². The standard InChI is InChI=1S/C16H24ClNO2/c1-16(2,3)14(9-11-17)18-15(19)10-12-20-13-7-5-4-6-8-13/h4-8,14H,9-12H2,1-3H3,(H,18,19). The van der Waals surface area contributed by atoms with E-state index in [1.807, 2.05) is 30.3 Å². The molecule has 20 heavy (non-hydrogen) atoms. The van der Waals surface area contributed by atoms with E-state index < -0.39 is 0 Å². The number of ether oxygens (including phenoxy) is 1. The van der Waals surface area contributed by atoms with Crippen molar-refractivity contribution in [2.45, 2.75) is 39.7 Å². The third-order valence-electron chi connectivity index (χ3n) is 3.12. The first-order valence-corrected chi connectivity index (χ1v) is 7.50. The number of benzene rings is 1. The molecule has 0 bridgehead atoms. The van der Waals surface area contributed by atoms with Crippen molar-refractivity contribution in [2.75, 3.05) is 12.5 Å². The molecule has 1 unspecified atom stereocenters. The zero-order valence-electron chi connectivity index (χ0n) is 12.5. The van der Waals surface area contributed by atoms with Gasteiger partial charge in [-0.05, 0) is 24.0 Å². The van der Waals surface area contributed by atoms with E-state index in [-0.39, 0.29) is 17.4 Å². The number of amides is 1. The number of carbonyl (C=O) groups excluding carboxylic acids is 1. The zero-order valence-corrected chi connectivity index (χ0v) is 13.2. The fourth-order valence-corrected chi connectivity index (χ4v) is 2.09. The molecule has 1 aromatic rings. The predicted octanol–water partition coefficient (Wildman–Crippen LogP) is 3.62. The number of para-hydroxylation sites is 1. The van der Waals surface area contributed by atoms with Gasteiger partial charge in [0.1, 0.15) is 5.75 Å². The van der Waals surface area contributed by atoms with Crippen LogP contribution in [-0.4, -0.2) is 24.4 Å². The van der Waals surface area contributed by atoms with Gasteiger partial charge in [-0.2, -0.15) is 0 Å². The van der Waals surface area contributed by atoms with Crippen LogP contribution in [0, 0.1) is 5.41 Å². The lowest BCUT2D eigenvalue weighted by Crippen LogP contribution is -2.44. The lowest BCUT2D eigenvalue weighted by molar-refractivity contribution is -0.123. The summed E-state index contributed by atoms with van der Waals surface area (Å²) in [5.41, 5.74) is 0.00480. The average molecular weight is 298 g/mol. The van der Waals surface area contributed by atoms with Crippen molar-refractivity contribution >= 4 is 17.5 Å². The van der Waals surface area contributed by atoms with E-state index in [2.05, 4.69) is 26.1 Å². The lowest BCUT2D eigenvalue weighted by Gasteiger charge is -2.31. The molecule has 1 N–H and O–H groups in total. The summed E-state index contributed by atoms with van der Waals surface area (Å²) in [6.07, 6.45) is 1.13. The summed E-state index contributed by atoms with van der Waals surface area (Å²) in [7, 11) is 0. The predicted molar refractivity (Wildman–Crippen MR) is 83.3 cm³/mol. The number of nitrogens with one attached hydrogen (secondary N) is 1. The highest BCUT2D eigenvalue weighted by atomic mass is 35.5. The maximum Gasteiger partial charge on any atom is 0.223 e. The lowest BCUT2D eigenvalue weighted by atomic mass is 9.85. The maximum absolute atomic E-state index is 11.9. The van der Waals surface area contributed by atoms with Gasteiger partial charge >= 0.3 is 0 Å². The Hall–Kier alpha value is -1.22. The van der Waals surface area contributed by atoms with Gasteiger partial charge in [0.25, 0.3) is 0 Å². The van der Waals surface area contributed by atoms with Crippen molar-refractivity contribution in [2.24, 2.45) is 5.41 Å². The Labute approximate surface area is 126 Å². The quantitative estimate of drug-likeness (QED) is 0.781. The van der Waals surface area contributed by atoms with Gasteiger partial charge in [0.05, 0.1) is 13.0 Å². The molecule has 0 aliphatic rings. The van der Waals surface area contributed by atoms with Crippen molar-refractivity contribution in [3.8, 4) is 5.75 Å². The van der Waals surface area contributed by atoms with Crippen LogP contribution in [0.5, 0.6) is 5.75 Å². The van der Waals surface area contributed by atoms with E-state index in [1.165, 1.54) is 0 Å². The Morgan fingerprint density at radius 1 is 1.30 bits per heavy atom. The van der Waals surface area contributed by atoms with Crippen LogP contribution in [0.1, 0.15) is 33.6 Å². The minimum Gasteiger partial charge on any atom is -0.493 e. The summed E-state index contributed by atoms with van der Waals surface area (Å²) in [4.78, 5) is 11.9. The minimum absolute atomic E-state index is 0.00480. The van der Waals surface area contributed by atoms with Gasteiger partial charge < -0.3 is 10.1 Å². The Morgan fingerprint density at radius 3 is 2.50 bits per heavy atom. The first-order valence-electron chi connectivity index (χ1n) is 6.96. The molecule has 1 atom stereocenters. The normalized spacial score (nSPS) is 12.8. The van der Waals surface area contributed by atoms with Gasteiger partial charge in [0, 0.05) is 11.9 Å². The highest BCUT2D eigenvalue weighted by molar-refractivity contribution is 6.17. The van der Waals surface area contributed by atoms with Crippen molar-refractivity contribution in [1.82, 2.24) is 5.32 Å². The highest BCUT2D eigenvalue weighted by Crippen LogP contribution is 2.22. The molecule has 0 heterocycles. The molecular formula is C16H24ClNO2. The SMILES string of the molecule is CC(C)(C)C(CCCl)NC(=O)CCOc1ccccc1. The second-order valence-corrected chi connectivity index (χ2v) is 6.25. The molecular weight excluding hydrogens is 274 g/mol. The molecule has 0 radical (unpaired) electrons. The number of rotatable bonds is 7. The molecule has 1 aromatic carbocycles. The summed E-state index contributed by atoms with van der Waals surface area (Å²) in [6, 6.07) is 9.59. The molecule has 1 rings (SSSR count). The number of hydrogen-bond donors (Lipinski definition) is 1. The summed E-state index contributed by atoms with van der Waals surface area (Å²) in [5, 5.41) is 3.04. The van der Waals surface area contributed by atoms with Crippen molar-refractivity contribution in [1.29, 1.82) is 0 Å². The monoisotopic (exact) mass is 297 g/mol. The second kappa shape index (κ2) is 8.15. The van der Waals surface area contributed by atoms with Crippen LogP contribution in [-0.2, 0) is 4.79 Å². The van der Waals surface area contributed by atoms with E-state index in [1.54, 1.807) is 0 Å². The van der Waals surface area contributed by atoms with Crippen LogP contribution in [0.15, 0.2) is 30.3 Å². The van der Waals surface area contributed by atoms with E-state index in [9.17, 15) is 4.79 Å². The van der Waals surface area contributed by atoms with Crippen molar-refractivity contribution < 1.29 is 9.53 Å². The Balaban J connectivity index is 2.35. The first-order chi connectivity index (χ1) is 9.43. The van der Waals surface area contributed by atoms with Crippen LogP contribution in [0.2, 0.25) is 0 Å². The van der Waals surface area contributed by atoms with Crippen LogP contribution in [0.4, 0.5) is 0 Å². The fraction of sp³-hybridized carbons (Fsp3) is 0.562. The van der Waals surface area contributed by atoms with Gasteiger partial charge in [-0.3, -0.25) is 4.79 Å². The molecule has 1 amide bonds. The Morgan fingerprint density at radius 2 is 1.95 bits per heavy atom. The topological polar surface area (TPSA) is 38.3 Å². The third-order valence-corrected chi connectivity index (χ3v) is 3.34. The van der Waals surface area contributed by atoms with E-state index in [0.717, 1.165) is 12.2 Å². The first kappa shape index (κ1) is 16.8. The fourth-order valence-electron chi connectivity index (χ4n) is 1.88. The second-order valence-electron chi connectivity index (χ2n) is 5.88. The van der Waals surface area contributed by atoms with Crippen LogP contribution in [0.3, 0.4) is 0 Å². The summed E-state index contributed by atoms with van der Waals surface area (Å²) < 4.78 is 5.52. The Kier molecular flexibility index (Phi) is 6.86. The van der Waals surface area contributed by atoms with Gasteiger partial charge in [0.2, 0.25) is 5.91 Å². The van der Waals surface area contributed by atoms with Crippen LogP contribution >= 0.6 is 11.6 Å². The molecule has 0 fully saturated rings. The molecule has 3 nitrogen and oxygen atoms in total. The molecule has 0 aromatic heterocycles. The van der Waals surface area contributed by atoms with Crippen LogP contribution < -0.4 is 10.1 Å². The molecule has 0 aliphatic heterocycles. The van der Waals surface area contributed by atoms with Gasteiger partial charge in [-0.25, -0.2) is 0 Å². The largest absolute Gasteiger partial charge is 0.493 e. The molecule has 112 valence electrons. The molecule has 0 spiro atoms. The van der Waals surface area contributed by atoms with Gasteiger partial charge in [0.15, 0.2) is 0 Å². The summed E-state index contributed by atoms with van der Waals surface area (Å²) in [5.74, 6) is 1.34. The molecule has 0 saturated heterocycles. The molecule has 0 saturated carbocycles. The van der Waals surface area contributed by atoms with E-state index >= 15 is 0 Å². The van der Waals surface area contributed by atoms with E-state index in [4.69, 9.17) is 16.3 Å². The molecule has 0 aliphatic carbocycles. The zero-order chi connectivity index (χ0) is 15.0. The minimum atomic E-state index is 0.00480. The smallest absolute Gasteiger partial charge is 0.223 e. The number of alkyl halides is 1. The third kappa shape index (κ3) is 6.29. The average Bonchev–Trinajstić information content (AvgIpc) is 2.38. The Bertz CT molecular complexity index is 401. The van der Waals surface area contributed by atoms with Crippen molar-refractivity contribution in [3.63, 3.8) is 0 Å². The van der Waals surface area contributed by atoms with Gasteiger partial charge in [-0.1, -0.05) is 39.0 Å². The molecule has 4 heteroatoms. The maximum atomic E-state index is 11.9. The van der Waals surface area contributed by atoms with E-state index in [0.29, 0.717) is 18.9 Å². The summed E-state index contributed by atoms with van der Waals surface area (Å²) in [6.45, 7) is 6.69. The number of carbonyl (C=O) groups is 1. The number of hydrogen-bond acceptors (Lipinski definition) is 2. The van der Waals surface area contributed by atoms with Crippen molar-refractivity contribution in [3.05, 3.63) is 30.3 Å². The number of halogens is 1. The summed E-state index contributed by atoms with van der Waals surface area (Å²) >= 11 is 5.79. The highest BCUT2D eigenvalue weighted by Gasteiger charge is 2.25.